The molecule has 2 fully saturated rings. The molecule has 0 aromatic rings. The first-order chi connectivity index (χ1) is 7.29. The Balaban J connectivity index is 1.73. The first-order valence-electron chi connectivity index (χ1n) is 6.22. The van der Waals surface area contributed by atoms with Crippen molar-refractivity contribution in [2.45, 2.75) is 57.5 Å². The maximum absolute atomic E-state index is 5.68. The molecule has 0 N–H and O–H groups in total. The normalized spacial score (nSPS) is 31.7. The third-order valence-electron chi connectivity index (χ3n) is 3.43. The summed E-state index contributed by atoms with van der Waals surface area (Å²) in [6.07, 6.45) is 10.8. The van der Waals surface area contributed by atoms with Gasteiger partial charge in [0.15, 0.2) is 0 Å². The number of rotatable bonds is 3. The topological polar surface area (TPSA) is 18.5 Å². The van der Waals surface area contributed by atoms with Crippen LogP contribution >= 0.6 is 0 Å². The molecule has 0 aromatic heterocycles. The Bertz CT molecular complexity index is 219. The van der Waals surface area contributed by atoms with Gasteiger partial charge in [0.05, 0.1) is 11.9 Å². The maximum Gasteiger partial charge on any atom is 0.116 e. The summed E-state index contributed by atoms with van der Waals surface area (Å²) in [5.74, 6) is 0. The van der Waals surface area contributed by atoms with Crippen molar-refractivity contribution in [3.8, 4) is 0 Å². The molecule has 2 aliphatic rings. The number of allylic oxidation sites excluding steroid dienone is 1. The van der Waals surface area contributed by atoms with Gasteiger partial charge in [-0.3, -0.25) is 0 Å². The van der Waals surface area contributed by atoms with E-state index in [0.717, 1.165) is 19.6 Å². The van der Waals surface area contributed by atoms with Gasteiger partial charge in [0.2, 0.25) is 0 Å². The van der Waals surface area contributed by atoms with Gasteiger partial charge in [-0.2, -0.15) is 0 Å². The van der Waals surface area contributed by atoms with Gasteiger partial charge in [0.1, 0.15) is 6.61 Å². The molecule has 1 unspecified atom stereocenters. The molecule has 0 radical (unpaired) electrons. The molecule has 1 atom stereocenters. The number of hydrogen-bond donors (Lipinski definition) is 0. The summed E-state index contributed by atoms with van der Waals surface area (Å²) >= 11 is 0. The SMILES string of the molecule is CC1(COC=C2CCCCC2)CCCO1. The van der Waals surface area contributed by atoms with Gasteiger partial charge >= 0.3 is 0 Å². The Labute approximate surface area is 92.6 Å². The Kier molecular flexibility index (Phi) is 3.68. The number of ether oxygens (including phenoxy) is 2. The molecule has 0 aromatic carbocycles. The van der Waals surface area contributed by atoms with Crippen LogP contribution in [0.3, 0.4) is 0 Å². The van der Waals surface area contributed by atoms with E-state index in [-0.39, 0.29) is 5.60 Å². The summed E-state index contributed by atoms with van der Waals surface area (Å²) in [7, 11) is 0. The molecule has 2 heteroatoms. The monoisotopic (exact) mass is 210 g/mol. The molecule has 1 saturated heterocycles. The highest BCUT2D eigenvalue weighted by Gasteiger charge is 2.30. The Morgan fingerprint density at radius 2 is 2.07 bits per heavy atom. The van der Waals surface area contributed by atoms with Gasteiger partial charge in [-0.1, -0.05) is 6.42 Å². The minimum absolute atomic E-state index is 0.0221. The molecule has 1 aliphatic heterocycles. The van der Waals surface area contributed by atoms with Crippen LogP contribution in [0.25, 0.3) is 0 Å². The summed E-state index contributed by atoms with van der Waals surface area (Å²) in [4.78, 5) is 0. The van der Waals surface area contributed by atoms with Gasteiger partial charge in [0.25, 0.3) is 0 Å². The zero-order chi connectivity index (χ0) is 10.6. The highest BCUT2D eigenvalue weighted by molar-refractivity contribution is 5.00. The minimum atomic E-state index is -0.0221. The van der Waals surface area contributed by atoms with Crippen molar-refractivity contribution in [2.75, 3.05) is 13.2 Å². The van der Waals surface area contributed by atoms with Crippen LogP contribution in [-0.2, 0) is 9.47 Å². The average molecular weight is 210 g/mol. The third kappa shape index (κ3) is 3.23. The van der Waals surface area contributed by atoms with E-state index in [4.69, 9.17) is 9.47 Å². The molecular weight excluding hydrogens is 188 g/mol. The molecule has 15 heavy (non-hydrogen) atoms. The largest absolute Gasteiger partial charge is 0.498 e. The average Bonchev–Trinajstić information content (AvgIpc) is 2.67. The van der Waals surface area contributed by atoms with E-state index in [1.165, 1.54) is 44.1 Å². The lowest BCUT2D eigenvalue weighted by molar-refractivity contribution is -0.0286. The second-order valence-electron chi connectivity index (χ2n) is 5.05. The van der Waals surface area contributed by atoms with E-state index in [0.29, 0.717) is 0 Å². The van der Waals surface area contributed by atoms with E-state index in [2.05, 4.69) is 6.92 Å². The predicted molar refractivity (Wildman–Crippen MR) is 60.7 cm³/mol. The van der Waals surface area contributed by atoms with E-state index < -0.39 is 0 Å². The molecule has 86 valence electrons. The Morgan fingerprint density at radius 3 is 2.73 bits per heavy atom. The number of hydrogen-bond acceptors (Lipinski definition) is 2. The fraction of sp³-hybridized carbons (Fsp3) is 0.846. The van der Waals surface area contributed by atoms with Gasteiger partial charge in [-0.15, -0.1) is 0 Å². The molecule has 0 bridgehead atoms. The van der Waals surface area contributed by atoms with Crippen LogP contribution in [0.15, 0.2) is 11.8 Å². The molecule has 0 spiro atoms. The van der Waals surface area contributed by atoms with Gasteiger partial charge in [-0.25, -0.2) is 0 Å². The van der Waals surface area contributed by atoms with Gasteiger partial charge < -0.3 is 9.47 Å². The van der Waals surface area contributed by atoms with E-state index >= 15 is 0 Å². The van der Waals surface area contributed by atoms with Crippen molar-refractivity contribution < 1.29 is 9.47 Å². The van der Waals surface area contributed by atoms with Crippen LogP contribution in [0.4, 0.5) is 0 Å². The highest BCUT2D eigenvalue weighted by Crippen LogP contribution is 2.26. The van der Waals surface area contributed by atoms with Crippen LogP contribution in [-0.4, -0.2) is 18.8 Å². The lowest BCUT2D eigenvalue weighted by Gasteiger charge is -2.22. The van der Waals surface area contributed by atoms with Crippen LogP contribution in [0.5, 0.6) is 0 Å². The van der Waals surface area contributed by atoms with Crippen molar-refractivity contribution >= 4 is 0 Å². The lowest BCUT2D eigenvalue weighted by Crippen LogP contribution is -2.28. The second-order valence-corrected chi connectivity index (χ2v) is 5.05. The third-order valence-corrected chi connectivity index (χ3v) is 3.43. The van der Waals surface area contributed by atoms with Crippen molar-refractivity contribution in [3.05, 3.63) is 11.8 Å². The zero-order valence-corrected chi connectivity index (χ0v) is 9.76. The summed E-state index contributed by atoms with van der Waals surface area (Å²) in [6, 6.07) is 0. The standard InChI is InChI=1S/C13H22O2/c1-13(8-5-9-15-13)11-14-10-12-6-3-2-4-7-12/h10H,2-9,11H2,1H3. The van der Waals surface area contributed by atoms with Crippen LogP contribution in [0.1, 0.15) is 51.9 Å². The fourth-order valence-corrected chi connectivity index (χ4v) is 2.41. The van der Waals surface area contributed by atoms with Gasteiger partial charge in [0, 0.05) is 6.61 Å². The van der Waals surface area contributed by atoms with Crippen LogP contribution in [0.2, 0.25) is 0 Å². The van der Waals surface area contributed by atoms with E-state index in [1.54, 1.807) is 0 Å². The molecule has 2 nitrogen and oxygen atoms in total. The van der Waals surface area contributed by atoms with Crippen molar-refractivity contribution in [1.82, 2.24) is 0 Å². The second kappa shape index (κ2) is 5.02. The van der Waals surface area contributed by atoms with E-state index in [9.17, 15) is 0 Å². The Morgan fingerprint density at radius 1 is 1.27 bits per heavy atom. The molecule has 1 aliphatic carbocycles. The summed E-state index contributed by atoms with van der Waals surface area (Å²) in [6.45, 7) is 3.77. The van der Waals surface area contributed by atoms with Crippen molar-refractivity contribution in [2.24, 2.45) is 0 Å². The van der Waals surface area contributed by atoms with Crippen molar-refractivity contribution in [3.63, 3.8) is 0 Å². The first-order valence-corrected chi connectivity index (χ1v) is 6.22. The molecule has 0 amide bonds. The summed E-state index contributed by atoms with van der Waals surface area (Å²) in [5.41, 5.74) is 1.47. The molecule has 1 saturated carbocycles. The lowest BCUT2D eigenvalue weighted by atomic mass is 9.96. The fourth-order valence-electron chi connectivity index (χ4n) is 2.41. The van der Waals surface area contributed by atoms with E-state index in [1.807, 2.05) is 6.26 Å². The predicted octanol–water partition coefficient (Wildman–Crippen LogP) is 3.42. The van der Waals surface area contributed by atoms with Crippen LogP contribution in [0, 0.1) is 0 Å². The zero-order valence-electron chi connectivity index (χ0n) is 9.76. The highest BCUT2D eigenvalue weighted by atomic mass is 16.5. The maximum atomic E-state index is 5.68. The smallest absolute Gasteiger partial charge is 0.116 e. The molecule has 2 rings (SSSR count). The minimum Gasteiger partial charge on any atom is -0.498 e. The molecular formula is C13H22O2. The van der Waals surface area contributed by atoms with Crippen LogP contribution < -0.4 is 0 Å². The Hall–Kier alpha value is -0.500. The van der Waals surface area contributed by atoms with Gasteiger partial charge in [-0.05, 0) is 51.0 Å². The molecule has 1 heterocycles. The summed E-state index contributed by atoms with van der Waals surface area (Å²) < 4.78 is 11.3. The first kappa shape index (κ1) is 11.0. The quantitative estimate of drug-likeness (QED) is 0.664. The summed E-state index contributed by atoms with van der Waals surface area (Å²) in [5, 5.41) is 0. The van der Waals surface area contributed by atoms with Crippen molar-refractivity contribution in [1.29, 1.82) is 0 Å².